The summed E-state index contributed by atoms with van der Waals surface area (Å²) in [5, 5.41) is 14.2. The van der Waals surface area contributed by atoms with Crippen molar-refractivity contribution >= 4 is 38.8 Å². The highest BCUT2D eigenvalue weighted by molar-refractivity contribution is 7.91. The first kappa shape index (κ1) is 19.2. The Hall–Kier alpha value is -2.56. The molecule has 3 heterocycles. The lowest BCUT2D eigenvalue weighted by molar-refractivity contribution is 0.585. The van der Waals surface area contributed by atoms with E-state index >= 15 is 0 Å². The Kier molecular flexibility index (Phi) is 6.32. The third kappa shape index (κ3) is 5.46. The molecule has 10 heteroatoms. The van der Waals surface area contributed by atoms with Crippen molar-refractivity contribution in [3.63, 3.8) is 0 Å². The summed E-state index contributed by atoms with van der Waals surface area (Å²) in [5.41, 5.74) is 0. The summed E-state index contributed by atoms with van der Waals surface area (Å²) in [6, 6.07) is 12.5. The Morgan fingerprint density at radius 3 is 2.44 bits per heavy atom. The molecule has 0 saturated carbocycles. The molecule has 0 unspecified atom stereocenters. The molecule has 0 fully saturated rings. The minimum absolute atomic E-state index is 0.247. The topological polar surface area (TPSA) is 109 Å². The quantitative estimate of drug-likeness (QED) is 0.470. The standard InChI is InChI=1S/C17H20N6O2S2/c1-2-13-6-9-17(26-13)27(24,25)20-12-11-19-15-7-8-16(23-22-15)21-14-5-3-4-10-18-14/h3-10,20H,2,11-12H2,1H3,(H,19,22)(H,18,21,23). The van der Waals surface area contributed by atoms with Gasteiger partial charge in [0.15, 0.2) is 5.82 Å². The van der Waals surface area contributed by atoms with E-state index in [0.29, 0.717) is 28.2 Å². The molecular formula is C17H20N6O2S2. The number of sulfonamides is 1. The summed E-state index contributed by atoms with van der Waals surface area (Å²) in [6.45, 7) is 2.64. The van der Waals surface area contributed by atoms with Crippen LogP contribution in [-0.4, -0.2) is 36.7 Å². The van der Waals surface area contributed by atoms with Gasteiger partial charge in [0.25, 0.3) is 0 Å². The van der Waals surface area contributed by atoms with Crippen molar-refractivity contribution in [2.75, 3.05) is 23.7 Å². The third-order valence-electron chi connectivity index (χ3n) is 3.56. The SMILES string of the molecule is CCc1ccc(S(=O)(=O)NCCNc2ccc(Nc3ccccn3)nn2)s1. The molecule has 0 aliphatic carbocycles. The molecule has 0 radical (unpaired) electrons. The van der Waals surface area contributed by atoms with Crippen LogP contribution >= 0.6 is 11.3 Å². The van der Waals surface area contributed by atoms with Crippen LogP contribution in [0.1, 0.15) is 11.8 Å². The summed E-state index contributed by atoms with van der Waals surface area (Å²) in [4.78, 5) is 5.20. The van der Waals surface area contributed by atoms with E-state index in [4.69, 9.17) is 0 Å². The second kappa shape index (κ2) is 8.89. The predicted molar refractivity (Wildman–Crippen MR) is 107 cm³/mol. The second-order valence-corrected chi connectivity index (χ2v) is 8.70. The molecule has 3 N–H and O–H groups in total. The van der Waals surface area contributed by atoms with E-state index in [2.05, 4.69) is 30.5 Å². The summed E-state index contributed by atoms with van der Waals surface area (Å²) >= 11 is 1.29. The van der Waals surface area contributed by atoms with E-state index in [1.807, 2.05) is 31.2 Å². The van der Waals surface area contributed by atoms with Crippen LogP contribution in [0.2, 0.25) is 0 Å². The highest BCUT2D eigenvalue weighted by Gasteiger charge is 2.15. The number of anilines is 3. The maximum absolute atomic E-state index is 12.2. The van der Waals surface area contributed by atoms with E-state index in [0.717, 1.165) is 11.3 Å². The average molecular weight is 405 g/mol. The van der Waals surface area contributed by atoms with Crippen molar-refractivity contribution in [1.29, 1.82) is 0 Å². The van der Waals surface area contributed by atoms with Gasteiger partial charge in [-0.3, -0.25) is 0 Å². The van der Waals surface area contributed by atoms with Crippen LogP contribution in [-0.2, 0) is 16.4 Å². The summed E-state index contributed by atoms with van der Waals surface area (Å²) in [7, 11) is -3.47. The number of pyridine rings is 1. The molecule has 3 rings (SSSR count). The van der Waals surface area contributed by atoms with Gasteiger partial charge >= 0.3 is 0 Å². The van der Waals surface area contributed by atoms with Gasteiger partial charge in [0.1, 0.15) is 15.8 Å². The minimum Gasteiger partial charge on any atom is -0.367 e. The normalized spacial score (nSPS) is 11.3. The van der Waals surface area contributed by atoms with Crippen LogP contribution in [0.4, 0.5) is 17.5 Å². The first-order valence-electron chi connectivity index (χ1n) is 8.41. The third-order valence-corrected chi connectivity index (χ3v) is 6.74. The van der Waals surface area contributed by atoms with Gasteiger partial charge in [0, 0.05) is 24.2 Å². The number of aryl methyl sites for hydroxylation is 1. The van der Waals surface area contributed by atoms with Crippen LogP contribution in [0.5, 0.6) is 0 Å². The molecule has 0 atom stereocenters. The average Bonchev–Trinajstić information content (AvgIpc) is 3.18. The number of nitrogens with one attached hydrogen (secondary N) is 3. The monoisotopic (exact) mass is 404 g/mol. The van der Waals surface area contributed by atoms with E-state index in [9.17, 15) is 8.42 Å². The molecule has 0 amide bonds. The minimum atomic E-state index is -3.47. The molecule has 8 nitrogen and oxygen atoms in total. The van der Waals surface area contributed by atoms with E-state index in [1.165, 1.54) is 11.3 Å². The molecule has 0 saturated heterocycles. The first-order chi connectivity index (χ1) is 13.1. The number of aromatic nitrogens is 3. The highest BCUT2D eigenvalue weighted by Crippen LogP contribution is 2.21. The lowest BCUT2D eigenvalue weighted by Gasteiger charge is -2.08. The van der Waals surface area contributed by atoms with Crippen molar-refractivity contribution in [2.45, 2.75) is 17.6 Å². The molecule has 0 spiro atoms. The van der Waals surface area contributed by atoms with Gasteiger partial charge in [-0.05, 0) is 42.8 Å². The zero-order valence-electron chi connectivity index (χ0n) is 14.7. The Balaban J connectivity index is 1.46. The van der Waals surface area contributed by atoms with Crippen LogP contribution in [0.3, 0.4) is 0 Å². The largest absolute Gasteiger partial charge is 0.367 e. The first-order valence-corrected chi connectivity index (χ1v) is 10.7. The van der Waals surface area contributed by atoms with Crippen molar-refractivity contribution in [3.8, 4) is 0 Å². The molecule has 0 aliphatic heterocycles. The maximum Gasteiger partial charge on any atom is 0.250 e. The number of hydrogen-bond donors (Lipinski definition) is 3. The van der Waals surface area contributed by atoms with Crippen LogP contribution < -0.4 is 15.4 Å². The zero-order valence-corrected chi connectivity index (χ0v) is 16.3. The molecule has 142 valence electrons. The van der Waals surface area contributed by atoms with Crippen molar-refractivity contribution in [3.05, 3.63) is 53.5 Å². The van der Waals surface area contributed by atoms with Crippen molar-refractivity contribution in [1.82, 2.24) is 19.9 Å². The Bertz CT molecular complexity index is 959. The number of rotatable bonds is 9. The zero-order chi connectivity index (χ0) is 19.1. The van der Waals surface area contributed by atoms with Gasteiger partial charge in [-0.2, -0.15) is 0 Å². The van der Waals surface area contributed by atoms with E-state index < -0.39 is 10.0 Å². The maximum atomic E-state index is 12.2. The van der Waals surface area contributed by atoms with Crippen molar-refractivity contribution in [2.24, 2.45) is 0 Å². The lowest BCUT2D eigenvalue weighted by atomic mass is 10.4. The van der Waals surface area contributed by atoms with Crippen LogP contribution in [0.25, 0.3) is 0 Å². The number of nitrogens with zero attached hydrogens (tertiary/aromatic N) is 3. The molecule has 0 aromatic carbocycles. The Labute approximate surface area is 162 Å². The molecule has 0 aliphatic rings. The predicted octanol–water partition coefficient (Wildman–Crippen LogP) is 2.63. The fraction of sp³-hybridized carbons (Fsp3) is 0.235. The molecule has 0 bridgehead atoms. The highest BCUT2D eigenvalue weighted by atomic mass is 32.2. The van der Waals surface area contributed by atoms with Gasteiger partial charge in [0.05, 0.1) is 0 Å². The van der Waals surface area contributed by atoms with Gasteiger partial charge in [0.2, 0.25) is 10.0 Å². The molecule has 3 aromatic rings. The Morgan fingerprint density at radius 2 is 1.78 bits per heavy atom. The number of hydrogen-bond acceptors (Lipinski definition) is 8. The van der Waals surface area contributed by atoms with Gasteiger partial charge in [-0.25, -0.2) is 18.1 Å². The molecule has 27 heavy (non-hydrogen) atoms. The van der Waals surface area contributed by atoms with Gasteiger partial charge in [-0.1, -0.05) is 13.0 Å². The molecular weight excluding hydrogens is 384 g/mol. The van der Waals surface area contributed by atoms with E-state index in [-0.39, 0.29) is 6.54 Å². The van der Waals surface area contributed by atoms with Crippen LogP contribution in [0, 0.1) is 0 Å². The summed E-state index contributed by atoms with van der Waals surface area (Å²) in [6.07, 6.45) is 2.51. The van der Waals surface area contributed by atoms with Gasteiger partial charge < -0.3 is 10.6 Å². The smallest absolute Gasteiger partial charge is 0.250 e. The second-order valence-electron chi connectivity index (χ2n) is 5.54. The van der Waals surface area contributed by atoms with E-state index in [1.54, 1.807) is 24.4 Å². The summed E-state index contributed by atoms with van der Waals surface area (Å²) in [5.74, 6) is 1.82. The lowest BCUT2D eigenvalue weighted by Crippen LogP contribution is -2.28. The summed E-state index contributed by atoms with van der Waals surface area (Å²) < 4.78 is 27.4. The number of thiophene rings is 1. The van der Waals surface area contributed by atoms with Crippen LogP contribution in [0.15, 0.2) is 52.9 Å². The fourth-order valence-electron chi connectivity index (χ4n) is 2.20. The van der Waals surface area contributed by atoms with Gasteiger partial charge in [-0.15, -0.1) is 21.5 Å². The Morgan fingerprint density at radius 1 is 0.963 bits per heavy atom. The fourth-order valence-corrected chi connectivity index (χ4v) is 4.57. The van der Waals surface area contributed by atoms with Crippen molar-refractivity contribution < 1.29 is 8.42 Å². The molecule has 3 aromatic heterocycles.